The third-order valence-electron chi connectivity index (χ3n) is 3.35. The molecule has 0 saturated heterocycles. The van der Waals surface area contributed by atoms with E-state index in [2.05, 4.69) is 15.4 Å². The van der Waals surface area contributed by atoms with Crippen LogP contribution in [0.1, 0.15) is 5.69 Å². The molecule has 118 valence electrons. The molecular formula is C16H15ClN4OS. The molecular weight excluding hydrogens is 332 g/mol. The van der Waals surface area contributed by atoms with Crippen LogP contribution in [0.4, 0.5) is 5.69 Å². The van der Waals surface area contributed by atoms with Gasteiger partial charge in [-0.1, -0.05) is 41.9 Å². The number of hydrogen-bond donors (Lipinski definition) is 1. The largest absolute Gasteiger partial charge is 0.382 e. The van der Waals surface area contributed by atoms with Gasteiger partial charge in [0.1, 0.15) is 10.0 Å². The second kappa shape index (κ2) is 6.93. The maximum Gasteiger partial charge on any atom is 0.287 e. The standard InChI is InChI=1S/C16H15ClN4OS/c1-21-16(22)14(17)13(9-19-21)18-8-7-12-10-23-15(20-12)11-5-3-2-4-6-11/h2-6,9-10,18H,7-8H2,1H3. The fraction of sp³-hybridized carbons (Fsp3) is 0.188. The van der Waals surface area contributed by atoms with E-state index in [1.807, 2.05) is 35.7 Å². The molecule has 0 unspecified atom stereocenters. The summed E-state index contributed by atoms with van der Waals surface area (Å²) >= 11 is 7.64. The molecule has 0 atom stereocenters. The predicted octanol–water partition coefficient (Wildman–Crippen LogP) is 3.21. The minimum atomic E-state index is -0.309. The molecule has 2 heterocycles. The lowest BCUT2D eigenvalue weighted by molar-refractivity contribution is 0.708. The number of aromatic nitrogens is 3. The zero-order chi connectivity index (χ0) is 16.2. The molecule has 0 saturated carbocycles. The highest BCUT2D eigenvalue weighted by Crippen LogP contribution is 2.23. The van der Waals surface area contributed by atoms with E-state index in [-0.39, 0.29) is 10.6 Å². The first-order chi connectivity index (χ1) is 11.1. The smallest absolute Gasteiger partial charge is 0.287 e. The van der Waals surface area contributed by atoms with Crippen LogP contribution in [0.5, 0.6) is 0 Å². The van der Waals surface area contributed by atoms with Crippen LogP contribution in [0, 0.1) is 0 Å². The van der Waals surface area contributed by atoms with Crippen LogP contribution in [-0.2, 0) is 13.5 Å². The van der Waals surface area contributed by atoms with E-state index in [0.29, 0.717) is 12.2 Å². The Hall–Kier alpha value is -2.18. The number of rotatable bonds is 5. The summed E-state index contributed by atoms with van der Waals surface area (Å²) in [5.74, 6) is 0. The number of thiazole rings is 1. The Kier molecular flexibility index (Phi) is 4.73. The van der Waals surface area contributed by atoms with Crippen LogP contribution in [0.25, 0.3) is 10.6 Å². The lowest BCUT2D eigenvalue weighted by Gasteiger charge is -2.07. The topological polar surface area (TPSA) is 59.8 Å². The summed E-state index contributed by atoms with van der Waals surface area (Å²) in [5.41, 5.74) is 2.37. The molecule has 0 bridgehead atoms. The molecule has 3 rings (SSSR count). The molecule has 0 spiro atoms. The number of hydrogen-bond acceptors (Lipinski definition) is 5. The summed E-state index contributed by atoms with van der Waals surface area (Å²) in [5, 5.41) is 10.3. The second-order valence-electron chi connectivity index (χ2n) is 4.99. The molecule has 3 aromatic rings. The summed E-state index contributed by atoms with van der Waals surface area (Å²) in [6.45, 7) is 0.631. The monoisotopic (exact) mass is 346 g/mol. The summed E-state index contributed by atoms with van der Waals surface area (Å²) in [4.78, 5) is 16.3. The van der Waals surface area contributed by atoms with Gasteiger partial charge in [0.2, 0.25) is 0 Å². The lowest BCUT2D eigenvalue weighted by Crippen LogP contribution is -2.21. The van der Waals surface area contributed by atoms with E-state index in [0.717, 1.165) is 22.7 Å². The number of anilines is 1. The van der Waals surface area contributed by atoms with Crippen molar-refractivity contribution in [2.24, 2.45) is 7.05 Å². The third-order valence-corrected chi connectivity index (χ3v) is 4.65. The van der Waals surface area contributed by atoms with Gasteiger partial charge in [0, 0.05) is 31.0 Å². The van der Waals surface area contributed by atoms with Crippen LogP contribution >= 0.6 is 22.9 Å². The van der Waals surface area contributed by atoms with E-state index >= 15 is 0 Å². The average Bonchev–Trinajstić information content (AvgIpc) is 3.05. The van der Waals surface area contributed by atoms with Gasteiger partial charge >= 0.3 is 0 Å². The Morgan fingerprint density at radius 3 is 2.87 bits per heavy atom. The zero-order valence-electron chi connectivity index (χ0n) is 12.5. The molecule has 2 aromatic heterocycles. The fourth-order valence-electron chi connectivity index (χ4n) is 2.09. The van der Waals surface area contributed by atoms with E-state index in [1.54, 1.807) is 24.6 Å². The Labute approximate surface area is 142 Å². The molecule has 0 radical (unpaired) electrons. The van der Waals surface area contributed by atoms with E-state index in [1.165, 1.54) is 4.68 Å². The van der Waals surface area contributed by atoms with Crippen molar-refractivity contribution in [1.29, 1.82) is 0 Å². The summed E-state index contributed by atoms with van der Waals surface area (Å²) in [6, 6.07) is 10.1. The van der Waals surface area contributed by atoms with Crippen molar-refractivity contribution in [2.45, 2.75) is 6.42 Å². The average molecular weight is 347 g/mol. The van der Waals surface area contributed by atoms with Crippen LogP contribution in [-0.4, -0.2) is 21.3 Å². The van der Waals surface area contributed by atoms with Gasteiger partial charge < -0.3 is 5.32 Å². The zero-order valence-corrected chi connectivity index (χ0v) is 14.1. The molecule has 1 N–H and O–H groups in total. The summed E-state index contributed by atoms with van der Waals surface area (Å²) < 4.78 is 1.21. The Balaban J connectivity index is 1.63. The number of halogens is 1. The van der Waals surface area contributed by atoms with Crippen molar-refractivity contribution in [1.82, 2.24) is 14.8 Å². The highest BCUT2D eigenvalue weighted by Gasteiger charge is 2.08. The van der Waals surface area contributed by atoms with Crippen molar-refractivity contribution in [2.75, 3.05) is 11.9 Å². The number of aryl methyl sites for hydroxylation is 1. The van der Waals surface area contributed by atoms with Crippen molar-refractivity contribution < 1.29 is 0 Å². The minimum absolute atomic E-state index is 0.158. The molecule has 0 amide bonds. The molecule has 5 nitrogen and oxygen atoms in total. The first-order valence-electron chi connectivity index (χ1n) is 7.10. The molecule has 0 aliphatic heterocycles. The van der Waals surface area contributed by atoms with Crippen LogP contribution in [0.15, 0.2) is 46.7 Å². The highest BCUT2D eigenvalue weighted by atomic mass is 35.5. The molecule has 0 aliphatic rings. The van der Waals surface area contributed by atoms with Gasteiger partial charge in [-0.3, -0.25) is 4.79 Å². The third kappa shape index (κ3) is 3.60. The van der Waals surface area contributed by atoms with Crippen LogP contribution < -0.4 is 10.9 Å². The van der Waals surface area contributed by atoms with Gasteiger partial charge in [0.05, 0.1) is 17.6 Å². The fourth-order valence-corrected chi connectivity index (χ4v) is 3.19. The van der Waals surface area contributed by atoms with Gasteiger partial charge in [-0.25, -0.2) is 9.67 Å². The Morgan fingerprint density at radius 2 is 2.09 bits per heavy atom. The van der Waals surface area contributed by atoms with Gasteiger partial charge in [-0.15, -0.1) is 11.3 Å². The highest BCUT2D eigenvalue weighted by molar-refractivity contribution is 7.13. The molecule has 0 aliphatic carbocycles. The minimum Gasteiger partial charge on any atom is -0.382 e. The van der Waals surface area contributed by atoms with Gasteiger partial charge in [-0.2, -0.15) is 5.10 Å². The SMILES string of the molecule is Cn1ncc(NCCc2csc(-c3ccccc3)n2)c(Cl)c1=O. The quantitative estimate of drug-likeness (QED) is 0.770. The van der Waals surface area contributed by atoms with Crippen LogP contribution in [0.3, 0.4) is 0 Å². The number of nitrogens with one attached hydrogen (secondary N) is 1. The molecule has 1 aromatic carbocycles. The molecule has 7 heteroatoms. The van der Waals surface area contributed by atoms with Crippen molar-refractivity contribution in [3.63, 3.8) is 0 Å². The van der Waals surface area contributed by atoms with E-state index < -0.39 is 0 Å². The maximum atomic E-state index is 11.7. The first kappa shape index (κ1) is 15.7. The normalized spacial score (nSPS) is 10.7. The summed E-state index contributed by atoms with van der Waals surface area (Å²) in [7, 11) is 1.57. The Bertz CT molecular complexity index is 860. The lowest BCUT2D eigenvalue weighted by atomic mass is 10.2. The van der Waals surface area contributed by atoms with E-state index in [9.17, 15) is 4.79 Å². The number of benzene rings is 1. The first-order valence-corrected chi connectivity index (χ1v) is 8.36. The van der Waals surface area contributed by atoms with Crippen molar-refractivity contribution >= 4 is 28.6 Å². The van der Waals surface area contributed by atoms with Crippen molar-refractivity contribution in [3.8, 4) is 10.6 Å². The molecule has 0 fully saturated rings. The number of nitrogens with zero attached hydrogens (tertiary/aromatic N) is 3. The van der Waals surface area contributed by atoms with E-state index in [4.69, 9.17) is 11.6 Å². The van der Waals surface area contributed by atoms with Crippen molar-refractivity contribution in [3.05, 3.63) is 63.0 Å². The Morgan fingerprint density at radius 1 is 1.30 bits per heavy atom. The maximum absolute atomic E-state index is 11.7. The second-order valence-corrected chi connectivity index (χ2v) is 6.22. The summed E-state index contributed by atoms with van der Waals surface area (Å²) in [6.07, 6.45) is 2.30. The van der Waals surface area contributed by atoms with Gasteiger partial charge in [0.25, 0.3) is 5.56 Å². The molecule has 23 heavy (non-hydrogen) atoms. The van der Waals surface area contributed by atoms with Crippen LogP contribution in [0.2, 0.25) is 5.02 Å². The van der Waals surface area contributed by atoms with Gasteiger partial charge in [-0.05, 0) is 0 Å². The van der Waals surface area contributed by atoms with Gasteiger partial charge in [0.15, 0.2) is 0 Å². The predicted molar refractivity (Wildman–Crippen MR) is 94.2 cm³/mol.